The van der Waals surface area contributed by atoms with E-state index in [2.05, 4.69) is 11.1 Å². The molecule has 3 atom stereocenters. The minimum atomic E-state index is -0.592. The van der Waals surface area contributed by atoms with Crippen molar-refractivity contribution in [2.75, 3.05) is 11.9 Å². The van der Waals surface area contributed by atoms with Crippen molar-refractivity contribution < 1.29 is 14.3 Å². The normalized spacial score (nSPS) is 28.2. The summed E-state index contributed by atoms with van der Waals surface area (Å²) < 4.78 is 8.45. The number of hydrogen-bond acceptors (Lipinski definition) is 5. The molecule has 2 amide bonds. The molecular formula is C22H27N5O3. The molecule has 8 nitrogen and oxygen atoms in total. The van der Waals surface area contributed by atoms with Gasteiger partial charge in [-0.2, -0.15) is 5.10 Å². The lowest BCUT2D eigenvalue weighted by atomic mass is 9.88. The largest absolute Gasteiger partial charge is 0.364 e. The van der Waals surface area contributed by atoms with E-state index in [1.54, 1.807) is 17.2 Å². The SMILES string of the molecule is CCC1(C)OC([C@@H]2CCn3nc(C4CC4)cc3N(C)C2=O)c2cnc(C(N)=O)cc21. The van der Waals surface area contributed by atoms with Crippen LogP contribution >= 0.6 is 0 Å². The minimum absolute atomic E-state index is 0.0197. The topological polar surface area (TPSA) is 103 Å². The maximum Gasteiger partial charge on any atom is 0.267 e. The zero-order valence-corrected chi connectivity index (χ0v) is 17.6. The number of nitrogens with zero attached hydrogens (tertiary/aromatic N) is 4. The van der Waals surface area contributed by atoms with Gasteiger partial charge in [-0.1, -0.05) is 6.92 Å². The molecule has 2 aromatic rings. The predicted octanol–water partition coefficient (Wildman–Crippen LogP) is 2.63. The zero-order chi connectivity index (χ0) is 21.2. The summed E-state index contributed by atoms with van der Waals surface area (Å²) in [5.41, 5.74) is 7.92. The summed E-state index contributed by atoms with van der Waals surface area (Å²) in [6.07, 6.45) is 4.94. The van der Waals surface area contributed by atoms with Gasteiger partial charge >= 0.3 is 0 Å². The highest BCUT2D eigenvalue weighted by atomic mass is 16.5. The van der Waals surface area contributed by atoms with Crippen LogP contribution in [0.2, 0.25) is 0 Å². The molecule has 0 aromatic carbocycles. The summed E-state index contributed by atoms with van der Waals surface area (Å²) >= 11 is 0. The molecule has 1 aliphatic carbocycles. The predicted molar refractivity (Wildman–Crippen MR) is 110 cm³/mol. The Balaban J connectivity index is 1.49. The fraction of sp³-hybridized carbons (Fsp3) is 0.545. The van der Waals surface area contributed by atoms with Gasteiger partial charge in [0.1, 0.15) is 11.5 Å². The van der Waals surface area contributed by atoms with Crippen molar-refractivity contribution in [2.24, 2.45) is 11.7 Å². The molecule has 0 spiro atoms. The molecule has 5 rings (SSSR count). The molecule has 30 heavy (non-hydrogen) atoms. The Morgan fingerprint density at radius 3 is 2.77 bits per heavy atom. The molecule has 1 saturated carbocycles. The van der Waals surface area contributed by atoms with E-state index in [9.17, 15) is 9.59 Å². The van der Waals surface area contributed by atoms with Crippen LogP contribution < -0.4 is 10.6 Å². The highest BCUT2D eigenvalue weighted by Crippen LogP contribution is 2.50. The number of fused-ring (bicyclic) bond motifs is 2. The van der Waals surface area contributed by atoms with Crippen LogP contribution in [0.25, 0.3) is 0 Å². The van der Waals surface area contributed by atoms with Crippen molar-refractivity contribution in [1.82, 2.24) is 14.8 Å². The van der Waals surface area contributed by atoms with Gasteiger partial charge < -0.3 is 10.5 Å². The molecule has 2 N–H and O–H groups in total. The molecule has 3 aliphatic rings. The first-order valence-corrected chi connectivity index (χ1v) is 10.7. The van der Waals surface area contributed by atoms with Crippen LogP contribution in [0.1, 0.15) is 78.9 Å². The van der Waals surface area contributed by atoms with Crippen LogP contribution in [0, 0.1) is 5.92 Å². The summed E-state index contributed by atoms with van der Waals surface area (Å²) in [7, 11) is 1.81. The summed E-state index contributed by atoms with van der Waals surface area (Å²) in [5.74, 6) is 0.496. The number of hydrogen-bond donors (Lipinski definition) is 1. The van der Waals surface area contributed by atoms with Crippen LogP contribution in [0.4, 0.5) is 5.82 Å². The third-order valence-electron chi connectivity index (χ3n) is 6.91. The van der Waals surface area contributed by atoms with Crippen LogP contribution in [-0.4, -0.2) is 33.6 Å². The van der Waals surface area contributed by atoms with Crippen molar-refractivity contribution in [3.05, 3.63) is 40.8 Å². The van der Waals surface area contributed by atoms with E-state index in [1.807, 2.05) is 25.6 Å². The second-order valence-electron chi connectivity index (χ2n) is 8.86. The second kappa shape index (κ2) is 6.63. The van der Waals surface area contributed by atoms with Crippen molar-refractivity contribution >= 4 is 17.6 Å². The molecule has 158 valence electrons. The molecule has 2 aromatic heterocycles. The van der Waals surface area contributed by atoms with Crippen molar-refractivity contribution in [3.8, 4) is 0 Å². The molecule has 0 radical (unpaired) electrons. The number of amides is 2. The van der Waals surface area contributed by atoms with Crippen molar-refractivity contribution in [2.45, 2.75) is 63.7 Å². The molecule has 4 heterocycles. The van der Waals surface area contributed by atoms with Gasteiger partial charge in [-0.25, -0.2) is 4.68 Å². The highest BCUT2D eigenvalue weighted by molar-refractivity contribution is 5.95. The number of rotatable bonds is 4. The van der Waals surface area contributed by atoms with Gasteiger partial charge in [0.15, 0.2) is 0 Å². The van der Waals surface area contributed by atoms with Crippen LogP contribution in [0.15, 0.2) is 18.3 Å². The number of carbonyl (C=O) groups excluding carboxylic acids is 2. The zero-order valence-electron chi connectivity index (χ0n) is 17.6. The summed E-state index contributed by atoms with van der Waals surface area (Å²) in [4.78, 5) is 31.1. The van der Waals surface area contributed by atoms with E-state index < -0.39 is 17.6 Å². The first-order chi connectivity index (χ1) is 14.3. The van der Waals surface area contributed by atoms with Gasteiger partial charge in [-0.05, 0) is 44.2 Å². The third kappa shape index (κ3) is 2.85. The number of primary amides is 1. The van der Waals surface area contributed by atoms with E-state index in [0.717, 1.165) is 22.6 Å². The number of anilines is 1. The molecule has 1 fully saturated rings. The third-order valence-corrected chi connectivity index (χ3v) is 6.91. The summed E-state index contributed by atoms with van der Waals surface area (Å²) in [6.45, 7) is 4.69. The maximum atomic E-state index is 13.5. The van der Waals surface area contributed by atoms with Gasteiger partial charge in [-0.3, -0.25) is 19.5 Å². The molecule has 0 bridgehead atoms. The molecule has 8 heteroatoms. The fourth-order valence-corrected chi connectivity index (χ4v) is 4.73. The Labute approximate surface area is 175 Å². The lowest BCUT2D eigenvalue weighted by Gasteiger charge is -2.28. The quantitative estimate of drug-likeness (QED) is 0.836. The molecule has 2 aliphatic heterocycles. The van der Waals surface area contributed by atoms with Gasteiger partial charge in [0.25, 0.3) is 5.91 Å². The first kappa shape index (κ1) is 19.2. The number of carbonyl (C=O) groups is 2. The lowest BCUT2D eigenvalue weighted by Crippen LogP contribution is -2.35. The average molecular weight is 409 g/mol. The van der Waals surface area contributed by atoms with E-state index in [1.165, 1.54) is 12.8 Å². The Morgan fingerprint density at radius 1 is 1.33 bits per heavy atom. The summed E-state index contributed by atoms with van der Waals surface area (Å²) in [6, 6.07) is 3.78. The van der Waals surface area contributed by atoms with Gasteiger partial charge in [0.2, 0.25) is 5.91 Å². The lowest BCUT2D eigenvalue weighted by molar-refractivity contribution is -0.135. The van der Waals surface area contributed by atoms with Crippen LogP contribution in [0.3, 0.4) is 0 Å². The number of aryl methyl sites for hydroxylation is 1. The molecule has 0 saturated heterocycles. The number of pyridine rings is 1. The Bertz CT molecular complexity index is 1040. The minimum Gasteiger partial charge on any atom is -0.364 e. The highest BCUT2D eigenvalue weighted by Gasteiger charge is 2.47. The average Bonchev–Trinajstić information content (AvgIpc) is 3.46. The Morgan fingerprint density at radius 2 is 2.10 bits per heavy atom. The van der Waals surface area contributed by atoms with Crippen LogP contribution in [-0.2, 0) is 21.7 Å². The van der Waals surface area contributed by atoms with E-state index in [0.29, 0.717) is 25.3 Å². The standard InChI is InChI=1S/C22H27N5O3/c1-4-22(2)15-9-17(20(23)28)24-11-14(15)19(30-22)13-7-8-27-18(26(3)21(13)29)10-16(25-27)12-5-6-12/h9-13,19H,4-8H2,1-3H3,(H2,23,28)/t13-,19?,22?/m0/s1. The second-order valence-corrected chi connectivity index (χ2v) is 8.86. The van der Waals surface area contributed by atoms with Crippen LogP contribution in [0.5, 0.6) is 0 Å². The van der Waals surface area contributed by atoms with Gasteiger partial charge in [-0.15, -0.1) is 0 Å². The number of ether oxygens (including phenoxy) is 1. The Kier molecular flexibility index (Phi) is 4.25. The van der Waals surface area contributed by atoms with Crippen molar-refractivity contribution in [3.63, 3.8) is 0 Å². The van der Waals surface area contributed by atoms with Gasteiger partial charge in [0.05, 0.1) is 23.3 Å². The van der Waals surface area contributed by atoms with Crippen molar-refractivity contribution in [1.29, 1.82) is 0 Å². The fourth-order valence-electron chi connectivity index (χ4n) is 4.73. The summed E-state index contributed by atoms with van der Waals surface area (Å²) in [5, 5.41) is 4.76. The maximum absolute atomic E-state index is 13.5. The van der Waals surface area contributed by atoms with E-state index in [-0.39, 0.29) is 17.5 Å². The first-order valence-electron chi connectivity index (χ1n) is 10.7. The van der Waals surface area contributed by atoms with Gasteiger partial charge in [0, 0.05) is 37.3 Å². The smallest absolute Gasteiger partial charge is 0.267 e. The molecular weight excluding hydrogens is 382 g/mol. The van der Waals surface area contributed by atoms with E-state index >= 15 is 0 Å². The van der Waals surface area contributed by atoms with E-state index in [4.69, 9.17) is 15.6 Å². The molecule has 2 unspecified atom stereocenters. The Hall–Kier alpha value is -2.74. The number of nitrogens with two attached hydrogens (primary N) is 1. The monoisotopic (exact) mass is 409 g/mol. The number of aromatic nitrogens is 3.